The fourth-order valence-electron chi connectivity index (χ4n) is 5.60. The molecule has 3 aliphatic rings. The number of benzene rings is 2. The maximum Gasteiger partial charge on any atom is 0.264 e. The lowest BCUT2D eigenvalue weighted by atomic mass is 9.82. The number of rotatable bonds is 8. The van der Waals surface area contributed by atoms with Crippen molar-refractivity contribution in [1.29, 1.82) is 0 Å². The molecular weight excluding hydrogens is 470 g/mol. The van der Waals surface area contributed by atoms with E-state index in [2.05, 4.69) is 0 Å². The molecule has 8 nitrogen and oxygen atoms in total. The van der Waals surface area contributed by atoms with E-state index in [0.717, 1.165) is 18.4 Å². The zero-order valence-electron chi connectivity index (χ0n) is 21.0. The SMILES string of the molecule is C[C@@H](/C=C/CC(=O)N1CCC[C@H]1CO)[C@]1(O)C(=O)N(Cc2ccccc2)c2ccc(N3CCC3=O)cc21. The summed E-state index contributed by atoms with van der Waals surface area (Å²) in [5.41, 5.74) is 0.847. The summed E-state index contributed by atoms with van der Waals surface area (Å²) in [6, 6.07) is 14.8. The van der Waals surface area contributed by atoms with Gasteiger partial charge in [-0.25, -0.2) is 0 Å². The van der Waals surface area contributed by atoms with Crippen molar-refractivity contribution >= 4 is 29.1 Å². The van der Waals surface area contributed by atoms with Gasteiger partial charge in [-0.05, 0) is 36.6 Å². The number of nitrogens with zero attached hydrogens (tertiary/aromatic N) is 3. The van der Waals surface area contributed by atoms with Crippen LogP contribution in [0.5, 0.6) is 0 Å². The van der Waals surface area contributed by atoms with E-state index in [0.29, 0.717) is 43.0 Å². The summed E-state index contributed by atoms with van der Waals surface area (Å²) >= 11 is 0. The molecule has 0 spiro atoms. The number of aliphatic hydroxyl groups excluding tert-OH is 1. The van der Waals surface area contributed by atoms with Crippen molar-refractivity contribution in [3.05, 3.63) is 71.8 Å². The number of hydrogen-bond donors (Lipinski definition) is 2. The smallest absolute Gasteiger partial charge is 0.264 e. The van der Waals surface area contributed by atoms with E-state index < -0.39 is 17.4 Å². The van der Waals surface area contributed by atoms with Crippen LogP contribution >= 0.6 is 0 Å². The van der Waals surface area contributed by atoms with E-state index in [9.17, 15) is 24.6 Å². The van der Waals surface area contributed by atoms with Crippen LogP contribution in [0, 0.1) is 5.92 Å². The molecule has 194 valence electrons. The standard InChI is InChI=1S/C29H33N3O5/c1-20(7-5-11-26(34)30-15-6-10-23(30)19-33)29(37)24-17-22(31-16-14-27(31)35)12-13-25(24)32(28(29)36)18-21-8-3-2-4-9-21/h2-5,7-9,12-13,17,20,23,33,37H,6,10-11,14-16,18-19H2,1H3/b7-5+/t20-,23-,29+/m0/s1. The Balaban J connectivity index is 1.42. The molecule has 2 aromatic rings. The van der Waals surface area contributed by atoms with Crippen molar-refractivity contribution in [3.63, 3.8) is 0 Å². The lowest BCUT2D eigenvalue weighted by molar-refractivity contribution is -0.139. The maximum absolute atomic E-state index is 13.8. The molecule has 5 rings (SSSR count). The number of anilines is 2. The van der Waals surface area contributed by atoms with Crippen LogP contribution in [0.2, 0.25) is 0 Å². The molecule has 0 saturated carbocycles. The summed E-state index contributed by atoms with van der Waals surface area (Å²) in [6.07, 6.45) is 5.72. The van der Waals surface area contributed by atoms with Crippen molar-refractivity contribution in [2.75, 3.05) is 29.5 Å². The van der Waals surface area contributed by atoms with Crippen LogP contribution in [0.15, 0.2) is 60.7 Å². The van der Waals surface area contributed by atoms with Gasteiger partial charge in [-0.3, -0.25) is 14.4 Å². The molecule has 3 aliphatic heterocycles. The number of carbonyl (C=O) groups excluding carboxylic acids is 3. The largest absolute Gasteiger partial charge is 0.394 e. The van der Waals surface area contributed by atoms with Gasteiger partial charge in [0, 0.05) is 43.1 Å². The van der Waals surface area contributed by atoms with Crippen molar-refractivity contribution in [3.8, 4) is 0 Å². The van der Waals surface area contributed by atoms with Crippen LogP contribution in [-0.2, 0) is 26.5 Å². The second-order valence-electron chi connectivity index (χ2n) is 10.1. The van der Waals surface area contributed by atoms with Gasteiger partial charge in [0.2, 0.25) is 11.8 Å². The van der Waals surface area contributed by atoms with Gasteiger partial charge < -0.3 is 24.9 Å². The summed E-state index contributed by atoms with van der Waals surface area (Å²) in [7, 11) is 0. The number of hydrogen-bond acceptors (Lipinski definition) is 5. The monoisotopic (exact) mass is 503 g/mol. The number of amides is 3. The third kappa shape index (κ3) is 4.45. The molecule has 8 heteroatoms. The van der Waals surface area contributed by atoms with Gasteiger partial charge in [0.15, 0.2) is 5.60 Å². The van der Waals surface area contributed by atoms with E-state index in [4.69, 9.17) is 0 Å². The topological polar surface area (TPSA) is 101 Å². The molecule has 0 radical (unpaired) electrons. The average Bonchev–Trinajstić information content (AvgIpc) is 3.46. The molecule has 0 bridgehead atoms. The van der Waals surface area contributed by atoms with Gasteiger partial charge in [0.25, 0.3) is 5.91 Å². The van der Waals surface area contributed by atoms with Gasteiger partial charge >= 0.3 is 0 Å². The Kier molecular flexibility index (Phi) is 6.88. The van der Waals surface area contributed by atoms with Crippen molar-refractivity contribution in [2.45, 2.75) is 50.8 Å². The highest BCUT2D eigenvalue weighted by atomic mass is 16.3. The molecule has 37 heavy (non-hydrogen) atoms. The van der Waals surface area contributed by atoms with E-state index in [1.165, 1.54) is 0 Å². The Bertz CT molecular complexity index is 1230. The minimum absolute atomic E-state index is 0.0171. The number of likely N-dealkylation sites (tertiary alicyclic amines) is 1. The maximum atomic E-state index is 13.8. The van der Waals surface area contributed by atoms with Crippen LogP contribution in [0.25, 0.3) is 0 Å². The summed E-state index contributed by atoms with van der Waals surface area (Å²) in [4.78, 5) is 43.5. The van der Waals surface area contributed by atoms with E-state index in [1.54, 1.807) is 45.9 Å². The zero-order chi connectivity index (χ0) is 26.2. The highest BCUT2D eigenvalue weighted by molar-refractivity contribution is 6.08. The number of aliphatic hydroxyl groups is 2. The molecule has 3 atom stereocenters. The highest BCUT2D eigenvalue weighted by Crippen LogP contribution is 2.47. The third-order valence-corrected chi connectivity index (χ3v) is 7.88. The first-order chi connectivity index (χ1) is 17.8. The van der Waals surface area contributed by atoms with E-state index in [-0.39, 0.29) is 30.9 Å². The first-order valence-corrected chi connectivity index (χ1v) is 12.9. The Morgan fingerprint density at radius 3 is 2.62 bits per heavy atom. The van der Waals surface area contributed by atoms with Gasteiger partial charge in [-0.15, -0.1) is 0 Å². The van der Waals surface area contributed by atoms with Crippen LogP contribution in [0.3, 0.4) is 0 Å². The zero-order valence-corrected chi connectivity index (χ0v) is 21.0. The van der Waals surface area contributed by atoms with Crippen molar-refractivity contribution in [2.24, 2.45) is 5.92 Å². The fraction of sp³-hybridized carbons (Fsp3) is 0.414. The molecule has 2 N–H and O–H groups in total. The second kappa shape index (κ2) is 10.1. The molecular formula is C29H33N3O5. The molecule has 2 aromatic carbocycles. The first-order valence-electron chi connectivity index (χ1n) is 12.9. The molecule has 0 aliphatic carbocycles. The molecule has 0 unspecified atom stereocenters. The van der Waals surface area contributed by atoms with E-state index in [1.807, 2.05) is 36.4 Å². The summed E-state index contributed by atoms with van der Waals surface area (Å²) in [5.74, 6) is -1.11. The van der Waals surface area contributed by atoms with Gasteiger partial charge in [0.05, 0.1) is 24.9 Å². The van der Waals surface area contributed by atoms with Crippen LogP contribution < -0.4 is 9.80 Å². The van der Waals surface area contributed by atoms with Crippen LogP contribution in [-0.4, -0.2) is 58.6 Å². The van der Waals surface area contributed by atoms with Crippen molar-refractivity contribution in [1.82, 2.24) is 4.90 Å². The lowest BCUT2D eigenvalue weighted by Gasteiger charge is -2.32. The highest BCUT2D eigenvalue weighted by Gasteiger charge is 2.53. The van der Waals surface area contributed by atoms with Gasteiger partial charge in [-0.1, -0.05) is 49.4 Å². The first kappa shape index (κ1) is 25.2. The second-order valence-corrected chi connectivity index (χ2v) is 10.1. The van der Waals surface area contributed by atoms with Crippen LogP contribution in [0.4, 0.5) is 11.4 Å². The number of β-lactam (4-membered cyclic amide) rings is 1. The normalized spacial score (nSPS) is 24.1. The number of carbonyl (C=O) groups is 3. The third-order valence-electron chi connectivity index (χ3n) is 7.88. The molecule has 2 fully saturated rings. The minimum atomic E-state index is -1.84. The number of fused-ring (bicyclic) bond motifs is 1. The summed E-state index contributed by atoms with van der Waals surface area (Å²) < 4.78 is 0. The van der Waals surface area contributed by atoms with Gasteiger partial charge in [0.1, 0.15) is 0 Å². The Morgan fingerprint density at radius 2 is 1.95 bits per heavy atom. The Morgan fingerprint density at radius 1 is 1.16 bits per heavy atom. The van der Waals surface area contributed by atoms with E-state index >= 15 is 0 Å². The Hall–Kier alpha value is -3.49. The lowest BCUT2D eigenvalue weighted by Crippen LogP contribution is -2.45. The quantitative estimate of drug-likeness (QED) is 0.426. The predicted molar refractivity (Wildman–Crippen MR) is 140 cm³/mol. The Labute approximate surface area is 216 Å². The summed E-state index contributed by atoms with van der Waals surface area (Å²) in [5, 5.41) is 21.5. The molecule has 0 aromatic heterocycles. The molecule has 3 heterocycles. The fourth-order valence-corrected chi connectivity index (χ4v) is 5.60. The van der Waals surface area contributed by atoms with Gasteiger partial charge in [-0.2, -0.15) is 0 Å². The summed E-state index contributed by atoms with van der Waals surface area (Å²) in [6.45, 7) is 3.28. The molecule has 3 amide bonds. The minimum Gasteiger partial charge on any atom is -0.394 e. The van der Waals surface area contributed by atoms with Crippen LogP contribution in [0.1, 0.15) is 43.7 Å². The van der Waals surface area contributed by atoms with Crippen molar-refractivity contribution < 1.29 is 24.6 Å². The molecule has 2 saturated heterocycles. The average molecular weight is 504 g/mol. The predicted octanol–water partition coefficient (Wildman–Crippen LogP) is 2.72.